The zero-order valence-corrected chi connectivity index (χ0v) is 25.3. The summed E-state index contributed by atoms with van der Waals surface area (Å²) in [6.45, 7) is 2.25. The quantitative estimate of drug-likeness (QED) is 0.179. The van der Waals surface area contributed by atoms with Crippen LogP contribution in [0.1, 0.15) is 34.3 Å². The predicted molar refractivity (Wildman–Crippen MR) is 176 cm³/mol. The van der Waals surface area contributed by atoms with E-state index < -0.39 is 6.03 Å². The lowest BCUT2D eigenvalue weighted by atomic mass is 9.89. The molecule has 1 saturated heterocycles. The van der Waals surface area contributed by atoms with Crippen molar-refractivity contribution in [3.8, 4) is 11.5 Å². The van der Waals surface area contributed by atoms with Gasteiger partial charge in [0.1, 0.15) is 11.5 Å². The van der Waals surface area contributed by atoms with Crippen LogP contribution in [0.5, 0.6) is 11.5 Å². The highest BCUT2D eigenvalue weighted by atomic mass is 16.5. The number of ether oxygens (including phenoxy) is 2. The maximum Gasteiger partial charge on any atom is 0.323 e. The minimum atomic E-state index is -0.440. The first-order chi connectivity index (χ1) is 21.5. The molecule has 0 atom stereocenters. The van der Waals surface area contributed by atoms with Gasteiger partial charge in [-0.15, -0.1) is 0 Å². The van der Waals surface area contributed by atoms with Crippen molar-refractivity contribution in [3.63, 3.8) is 0 Å². The monoisotopic (exact) mass is 592 g/mol. The topological polar surface area (TPSA) is 91.9 Å². The van der Waals surface area contributed by atoms with Crippen molar-refractivity contribution >= 4 is 29.0 Å². The number of carbonyl (C=O) groups is 2. The van der Waals surface area contributed by atoms with Crippen LogP contribution < -0.4 is 30.3 Å². The van der Waals surface area contributed by atoms with Gasteiger partial charge < -0.3 is 30.3 Å². The van der Waals surface area contributed by atoms with E-state index in [0.717, 1.165) is 50.0 Å². The van der Waals surface area contributed by atoms with Gasteiger partial charge in [-0.25, -0.2) is 4.79 Å². The second-order valence-corrected chi connectivity index (χ2v) is 11.0. The van der Waals surface area contributed by atoms with Crippen molar-refractivity contribution in [2.24, 2.45) is 5.92 Å². The second-order valence-electron chi connectivity index (χ2n) is 11.0. The number of nitrogens with zero attached hydrogens (tertiary/aromatic N) is 1. The summed E-state index contributed by atoms with van der Waals surface area (Å²) in [5.74, 6) is 1.57. The highest BCUT2D eigenvalue weighted by Crippen LogP contribution is 2.31. The zero-order chi connectivity index (χ0) is 30.7. The number of benzene rings is 4. The molecule has 4 aromatic carbocycles. The normalized spacial score (nSPS) is 13.2. The molecule has 0 unspecified atom stereocenters. The number of piperidine rings is 1. The van der Waals surface area contributed by atoms with Crippen molar-refractivity contribution in [1.29, 1.82) is 0 Å². The lowest BCUT2D eigenvalue weighted by Gasteiger charge is -2.35. The molecule has 1 heterocycles. The molecule has 0 bridgehead atoms. The summed E-state index contributed by atoms with van der Waals surface area (Å²) in [6, 6.07) is 31.0. The van der Waals surface area contributed by atoms with Crippen LogP contribution in [-0.4, -0.2) is 45.8 Å². The van der Waals surface area contributed by atoms with Crippen LogP contribution in [0.4, 0.5) is 21.9 Å². The molecule has 8 heteroatoms. The molecular weight excluding hydrogens is 552 g/mol. The Bertz CT molecular complexity index is 1510. The number of methoxy groups -OCH3 is 2. The third kappa shape index (κ3) is 8.31. The van der Waals surface area contributed by atoms with Crippen LogP contribution in [-0.2, 0) is 12.8 Å². The van der Waals surface area contributed by atoms with E-state index in [-0.39, 0.29) is 5.91 Å². The van der Waals surface area contributed by atoms with E-state index in [1.165, 1.54) is 5.56 Å². The minimum absolute atomic E-state index is 0.163. The Labute approximate surface area is 259 Å². The number of urea groups is 1. The van der Waals surface area contributed by atoms with E-state index in [4.69, 9.17) is 9.47 Å². The Morgan fingerprint density at radius 3 is 2.00 bits per heavy atom. The van der Waals surface area contributed by atoms with Gasteiger partial charge in [0, 0.05) is 54.9 Å². The van der Waals surface area contributed by atoms with Crippen LogP contribution >= 0.6 is 0 Å². The first-order valence-corrected chi connectivity index (χ1v) is 15.1. The van der Waals surface area contributed by atoms with Gasteiger partial charge in [-0.1, -0.05) is 60.7 Å². The lowest BCUT2D eigenvalue weighted by Crippen LogP contribution is -2.36. The van der Waals surface area contributed by atoms with E-state index in [0.29, 0.717) is 40.9 Å². The maximum atomic E-state index is 13.6. The van der Waals surface area contributed by atoms with Crippen molar-refractivity contribution in [2.75, 3.05) is 49.4 Å². The Hall–Kier alpha value is -4.98. The fourth-order valence-electron chi connectivity index (χ4n) is 5.63. The molecule has 3 amide bonds. The summed E-state index contributed by atoms with van der Waals surface area (Å²) in [7, 11) is 3.11. The van der Waals surface area contributed by atoms with Crippen molar-refractivity contribution in [3.05, 3.63) is 114 Å². The van der Waals surface area contributed by atoms with Crippen LogP contribution in [0.15, 0.2) is 97.1 Å². The highest BCUT2D eigenvalue weighted by molar-refractivity contribution is 6.04. The third-order valence-electron chi connectivity index (χ3n) is 7.97. The molecule has 4 aromatic rings. The largest absolute Gasteiger partial charge is 0.497 e. The highest BCUT2D eigenvalue weighted by Gasteiger charge is 2.24. The van der Waals surface area contributed by atoms with Gasteiger partial charge in [-0.05, 0) is 60.9 Å². The van der Waals surface area contributed by atoms with Crippen molar-refractivity contribution < 1.29 is 19.1 Å². The molecule has 0 saturated carbocycles. The second kappa shape index (κ2) is 15.0. The standard InChI is InChI=1S/C36H40N4O4/c1-43-31-22-30(23-32(25-31)44-2)39-36(42)38-29-13-14-34(33(24-29)35(41)37-18-15-26-9-5-3-6-10-26)40-19-16-28(17-20-40)21-27-11-7-4-8-12-27/h3-14,22-25,28H,15-21H2,1-2H3,(H,37,41)(H2,38,39,42). The Morgan fingerprint density at radius 1 is 0.750 bits per heavy atom. The van der Waals surface area contributed by atoms with E-state index in [2.05, 4.69) is 63.3 Å². The van der Waals surface area contributed by atoms with Crippen molar-refractivity contribution in [2.45, 2.75) is 25.7 Å². The van der Waals surface area contributed by atoms with Crippen LogP contribution in [0.3, 0.4) is 0 Å². The van der Waals surface area contributed by atoms with Crippen LogP contribution in [0, 0.1) is 5.92 Å². The number of carbonyl (C=O) groups excluding carboxylic acids is 2. The molecule has 1 fully saturated rings. The van der Waals surface area contributed by atoms with Crippen LogP contribution in [0.2, 0.25) is 0 Å². The first-order valence-electron chi connectivity index (χ1n) is 15.1. The van der Waals surface area contributed by atoms with E-state index in [1.807, 2.05) is 30.3 Å². The van der Waals surface area contributed by atoms with Gasteiger partial charge in [0.25, 0.3) is 5.91 Å². The molecule has 3 N–H and O–H groups in total. The molecule has 8 nitrogen and oxygen atoms in total. The smallest absolute Gasteiger partial charge is 0.323 e. The Balaban J connectivity index is 1.29. The number of hydrogen-bond donors (Lipinski definition) is 3. The van der Waals surface area contributed by atoms with Gasteiger partial charge in [0.15, 0.2) is 0 Å². The zero-order valence-electron chi connectivity index (χ0n) is 25.3. The summed E-state index contributed by atoms with van der Waals surface area (Å²) >= 11 is 0. The molecule has 0 spiro atoms. The minimum Gasteiger partial charge on any atom is -0.497 e. The molecular formula is C36H40N4O4. The SMILES string of the molecule is COc1cc(NC(=O)Nc2ccc(N3CCC(Cc4ccccc4)CC3)c(C(=O)NCCc3ccccc3)c2)cc(OC)c1. The van der Waals surface area contributed by atoms with Gasteiger partial charge in [0.2, 0.25) is 0 Å². The lowest BCUT2D eigenvalue weighted by molar-refractivity contribution is 0.0954. The van der Waals surface area contributed by atoms with Crippen molar-refractivity contribution in [1.82, 2.24) is 5.32 Å². The van der Waals surface area contributed by atoms with Gasteiger partial charge >= 0.3 is 6.03 Å². The number of hydrogen-bond acceptors (Lipinski definition) is 5. The Morgan fingerprint density at radius 2 is 1.36 bits per heavy atom. The molecule has 1 aliphatic rings. The van der Waals surface area contributed by atoms with Gasteiger partial charge in [-0.3, -0.25) is 4.79 Å². The number of nitrogens with one attached hydrogen (secondary N) is 3. The molecule has 0 radical (unpaired) electrons. The predicted octanol–water partition coefficient (Wildman–Crippen LogP) is 6.78. The maximum absolute atomic E-state index is 13.6. The van der Waals surface area contributed by atoms with Crippen LogP contribution in [0.25, 0.3) is 0 Å². The molecule has 228 valence electrons. The number of anilines is 3. The third-order valence-corrected chi connectivity index (χ3v) is 7.97. The van der Waals surface area contributed by atoms with E-state index in [9.17, 15) is 9.59 Å². The van der Waals surface area contributed by atoms with Gasteiger partial charge in [-0.2, -0.15) is 0 Å². The molecule has 0 aromatic heterocycles. The Kier molecular flexibility index (Phi) is 10.4. The fraction of sp³-hybridized carbons (Fsp3) is 0.278. The average Bonchev–Trinajstić information content (AvgIpc) is 3.06. The summed E-state index contributed by atoms with van der Waals surface area (Å²) in [6.07, 6.45) is 3.91. The number of amides is 3. The summed E-state index contributed by atoms with van der Waals surface area (Å²) in [5.41, 5.74) is 4.99. The van der Waals surface area contributed by atoms with E-state index >= 15 is 0 Å². The molecule has 0 aliphatic carbocycles. The molecule has 5 rings (SSSR count). The fourth-order valence-corrected chi connectivity index (χ4v) is 5.63. The molecule has 44 heavy (non-hydrogen) atoms. The summed E-state index contributed by atoms with van der Waals surface area (Å²) in [5, 5.41) is 8.79. The van der Waals surface area contributed by atoms with Gasteiger partial charge in [0.05, 0.1) is 19.8 Å². The number of rotatable bonds is 11. The molecule has 1 aliphatic heterocycles. The summed E-state index contributed by atoms with van der Waals surface area (Å²) in [4.78, 5) is 28.8. The van der Waals surface area contributed by atoms with E-state index in [1.54, 1.807) is 38.5 Å². The average molecular weight is 593 g/mol. The summed E-state index contributed by atoms with van der Waals surface area (Å²) < 4.78 is 10.6. The first kappa shape index (κ1) is 30.5.